The summed E-state index contributed by atoms with van der Waals surface area (Å²) in [6.07, 6.45) is -2.13. The van der Waals surface area contributed by atoms with Crippen molar-refractivity contribution >= 4 is 40.3 Å². The van der Waals surface area contributed by atoms with Crippen LogP contribution < -0.4 is 10.6 Å². The molecule has 3 aromatic rings. The van der Waals surface area contributed by atoms with E-state index in [9.17, 15) is 18.0 Å². The van der Waals surface area contributed by atoms with Crippen molar-refractivity contribution in [2.24, 2.45) is 0 Å². The van der Waals surface area contributed by atoms with Crippen LogP contribution in [0.2, 0.25) is 5.02 Å². The van der Waals surface area contributed by atoms with E-state index in [1.54, 1.807) is 24.2 Å². The zero-order chi connectivity index (χ0) is 25.1. The molecule has 2 N–H and O–H groups in total. The molecule has 1 fully saturated rings. The number of fused-ring (bicyclic) bond motifs is 2. The van der Waals surface area contributed by atoms with Gasteiger partial charge in [0.05, 0.1) is 36.6 Å². The van der Waals surface area contributed by atoms with Crippen molar-refractivity contribution in [3.63, 3.8) is 0 Å². The number of amides is 1. The molecule has 5 rings (SSSR count). The highest BCUT2D eigenvalue weighted by atomic mass is 35.5. The number of pyridine rings is 1. The molecule has 35 heavy (non-hydrogen) atoms. The number of anilines is 2. The third-order valence-corrected chi connectivity index (χ3v) is 6.82. The van der Waals surface area contributed by atoms with Crippen molar-refractivity contribution in [3.05, 3.63) is 46.2 Å². The maximum Gasteiger partial charge on any atom is 0.416 e. The minimum atomic E-state index is -4.49. The molecule has 1 saturated heterocycles. The highest BCUT2D eigenvalue weighted by molar-refractivity contribution is 6.31. The van der Waals surface area contributed by atoms with Gasteiger partial charge in [-0.2, -0.15) is 18.2 Å². The van der Waals surface area contributed by atoms with E-state index in [1.165, 1.54) is 0 Å². The Morgan fingerprint density at radius 2 is 2.00 bits per heavy atom. The lowest BCUT2D eigenvalue weighted by Crippen LogP contribution is -2.55. The highest BCUT2D eigenvalue weighted by Gasteiger charge is 2.39. The van der Waals surface area contributed by atoms with Crippen LogP contribution in [0.25, 0.3) is 11.1 Å². The Bertz CT molecular complexity index is 1300. The lowest BCUT2D eigenvalue weighted by Gasteiger charge is -2.42. The lowest BCUT2D eigenvalue weighted by molar-refractivity contribution is -0.151. The molecule has 1 amide bonds. The number of benzene rings is 1. The summed E-state index contributed by atoms with van der Waals surface area (Å²) in [5.74, 6) is -0.257. The lowest BCUT2D eigenvalue weighted by atomic mass is 9.91. The van der Waals surface area contributed by atoms with Gasteiger partial charge in [0.15, 0.2) is 11.7 Å². The van der Waals surface area contributed by atoms with Crippen LogP contribution in [0.15, 0.2) is 28.9 Å². The molecule has 0 radical (unpaired) electrons. The monoisotopic (exact) mass is 509 g/mol. The number of nitrogens with two attached hydrogens (primary N) is 1. The summed E-state index contributed by atoms with van der Waals surface area (Å²) >= 11 is 6.28. The Morgan fingerprint density at radius 3 is 2.74 bits per heavy atom. The van der Waals surface area contributed by atoms with E-state index in [4.69, 9.17) is 26.5 Å². The molecule has 186 valence electrons. The quantitative estimate of drug-likeness (QED) is 0.552. The second kappa shape index (κ2) is 8.56. The van der Waals surface area contributed by atoms with E-state index in [2.05, 4.69) is 9.97 Å². The molecule has 2 aliphatic rings. The Balaban J connectivity index is 1.40. The predicted molar refractivity (Wildman–Crippen MR) is 123 cm³/mol. The highest BCUT2D eigenvalue weighted by Crippen LogP contribution is 2.40. The summed E-state index contributed by atoms with van der Waals surface area (Å²) in [6.45, 7) is 4.62. The molecule has 4 heterocycles. The fourth-order valence-electron chi connectivity index (χ4n) is 4.96. The standard InChI is InChI=1S/C23H23ClF3N5O3/c1-11-9-31(17-8-29-7-16-20(17)35-22(28)30-16)10-18(34-11)21(33)32-4-3-13-5-14(23(25,26)27)6-15(24)19(13)12(32)2/h5-8,11-12,18H,3-4,9-10H2,1-2H3,(H2,28,30)/t11-,12+,18-/m1/s1. The van der Waals surface area contributed by atoms with Gasteiger partial charge in [0, 0.05) is 18.1 Å². The van der Waals surface area contributed by atoms with Crippen LogP contribution in [0.1, 0.15) is 36.6 Å². The molecule has 0 bridgehead atoms. The van der Waals surface area contributed by atoms with E-state index >= 15 is 0 Å². The Kier molecular flexibility index (Phi) is 5.79. The fraction of sp³-hybridized carbons (Fsp3) is 0.435. The largest absolute Gasteiger partial charge is 0.421 e. The van der Waals surface area contributed by atoms with Crippen molar-refractivity contribution in [1.82, 2.24) is 14.9 Å². The van der Waals surface area contributed by atoms with Crippen LogP contribution in [0.3, 0.4) is 0 Å². The SMILES string of the molecule is C[C@@H]1CN(c2cncc3nc(N)oc23)C[C@H](C(=O)N2CCc3cc(C(F)(F)F)cc(Cl)c3[C@@H]2C)O1. The third-order valence-electron chi connectivity index (χ3n) is 6.51. The first-order valence-corrected chi connectivity index (χ1v) is 11.5. The predicted octanol–water partition coefficient (Wildman–Crippen LogP) is 4.22. The molecule has 0 aliphatic carbocycles. The third kappa shape index (κ3) is 4.27. The number of carbonyl (C=O) groups excluding carboxylic acids is 1. The summed E-state index contributed by atoms with van der Waals surface area (Å²) in [6, 6.07) is 1.56. The van der Waals surface area contributed by atoms with E-state index in [-0.39, 0.29) is 42.6 Å². The molecule has 3 atom stereocenters. The van der Waals surface area contributed by atoms with E-state index in [1.807, 2.05) is 11.8 Å². The summed E-state index contributed by atoms with van der Waals surface area (Å²) in [5, 5.41) is 0.0000392. The molecule has 0 saturated carbocycles. The second-order valence-electron chi connectivity index (χ2n) is 8.89. The average Bonchev–Trinajstić information content (AvgIpc) is 3.17. The van der Waals surface area contributed by atoms with Crippen molar-refractivity contribution in [2.45, 2.75) is 44.7 Å². The Morgan fingerprint density at radius 1 is 1.23 bits per heavy atom. The second-order valence-corrected chi connectivity index (χ2v) is 9.29. The zero-order valence-electron chi connectivity index (χ0n) is 19.0. The number of nitrogens with zero attached hydrogens (tertiary/aromatic N) is 4. The minimum absolute atomic E-state index is 0.0000392. The van der Waals surface area contributed by atoms with Crippen LogP contribution in [0, 0.1) is 0 Å². The smallest absolute Gasteiger partial charge is 0.416 e. The first kappa shape index (κ1) is 23.7. The molecule has 2 aliphatic heterocycles. The van der Waals surface area contributed by atoms with Crippen LogP contribution in [0.4, 0.5) is 24.9 Å². The molecule has 8 nitrogen and oxygen atoms in total. The van der Waals surface area contributed by atoms with E-state index < -0.39 is 23.9 Å². The number of hydrogen-bond donors (Lipinski definition) is 1. The minimum Gasteiger partial charge on any atom is -0.421 e. The van der Waals surface area contributed by atoms with Crippen LogP contribution >= 0.6 is 11.6 Å². The molecule has 1 aromatic carbocycles. The Hall–Kier alpha value is -3.05. The Labute approximate surface area is 203 Å². The summed E-state index contributed by atoms with van der Waals surface area (Å²) < 4.78 is 51.2. The van der Waals surface area contributed by atoms with Crippen LogP contribution in [-0.4, -0.2) is 52.6 Å². The first-order chi connectivity index (χ1) is 16.5. The van der Waals surface area contributed by atoms with Crippen molar-refractivity contribution in [2.75, 3.05) is 30.3 Å². The van der Waals surface area contributed by atoms with Gasteiger partial charge in [-0.1, -0.05) is 11.6 Å². The number of aromatic nitrogens is 2. The maximum atomic E-state index is 13.6. The molecule has 2 aromatic heterocycles. The number of halogens is 4. The van der Waals surface area contributed by atoms with Gasteiger partial charge in [0.1, 0.15) is 11.2 Å². The fourth-order valence-corrected chi connectivity index (χ4v) is 5.35. The summed E-state index contributed by atoms with van der Waals surface area (Å²) in [4.78, 5) is 25.5. The maximum absolute atomic E-state index is 13.6. The zero-order valence-corrected chi connectivity index (χ0v) is 19.7. The van der Waals surface area contributed by atoms with E-state index in [0.717, 1.165) is 12.1 Å². The number of morpholine rings is 1. The average molecular weight is 510 g/mol. The van der Waals surface area contributed by atoms with Gasteiger partial charge in [-0.3, -0.25) is 9.78 Å². The normalized spacial score (nSPS) is 23.0. The molecule has 0 unspecified atom stereocenters. The molecular formula is C23H23ClF3N5O3. The number of alkyl halides is 3. The molecular weight excluding hydrogens is 487 g/mol. The van der Waals surface area contributed by atoms with Crippen LogP contribution in [-0.2, 0) is 22.1 Å². The number of ether oxygens (including phenoxy) is 1. The van der Waals surface area contributed by atoms with Gasteiger partial charge in [-0.25, -0.2) is 0 Å². The van der Waals surface area contributed by atoms with Gasteiger partial charge in [0.25, 0.3) is 11.9 Å². The van der Waals surface area contributed by atoms with Gasteiger partial charge in [0.2, 0.25) is 0 Å². The number of hydrogen-bond acceptors (Lipinski definition) is 7. The molecule has 12 heteroatoms. The van der Waals surface area contributed by atoms with E-state index in [0.29, 0.717) is 34.5 Å². The van der Waals surface area contributed by atoms with Crippen molar-refractivity contribution in [3.8, 4) is 0 Å². The topological polar surface area (TPSA) is 97.7 Å². The van der Waals surface area contributed by atoms with Gasteiger partial charge in [-0.05, 0) is 43.5 Å². The number of oxazole rings is 1. The summed E-state index contributed by atoms with van der Waals surface area (Å²) in [7, 11) is 0. The number of carbonyl (C=O) groups is 1. The van der Waals surface area contributed by atoms with Crippen molar-refractivity contribution < 1.29 is 27.1 Å². The van der Waals surface area contributed by atoms with Crippen LogP contribution in [0.5, 0.6) is 0 Å². The number of rotatable bonds is 2. The molecule has 0 spiro atoms. The van der Waals surface area contributed by atoms with Gasteiger partial charge >= 0.3 is 6.18 Å². The van der Waals surface area contributed by atoms with Gasteiger partial charge in [-0.15, -0.1) is 0 Å². The van der Waals surface area contributed by atoms with Gasteiger partial charge < -0.3 is 24.7 Å². The van der Waals surface area contributed by atoms with Crippen molar-refractivity contribution in [1.29, 1.82) is 0 Å². The number of nitrogen functional groups attached to an aromatic ring is 1. The summed E-state index contributed by atoms with van der Waals surface area (Å²) in [5.41, 5.74) is 7.59. The first-order valence-electron chi connectivity index (χ1n) is 11.1.